The minimum atomic E-state index is -2.85. The normalized spacial score (nSPS) is 19.8. The van der Waals surface area contributed by atoms with Crippen molar-refractivity contribution in [3.63, 3.8) is 0 Å². The standard InChI is InChI=1S/C12H15N3O3S/c13-9-1-2-10-11(7-9)18-12(14-10)8-15-3-5-19(16,17)6-4-15/h1-2,7H,3-6,8,13H2. The topological polar surface area (TPSA) is 89.4 Å². The van der Waals surface area contributed by atoms with Crippen LogP contribution in [0.1, 0.15) is 5.89 Å². The molecule has 2 N–H and O–H groups in total. The Kier molecular flexibility index (Phi) is 2.94. The molecule has 1 saturated heterocycles. The molecule has 0 radical (unpaired) electrons. The molecular formula is C12H15N3O3S. The van der Waals surface area contributed by atoms with Crippen molar-refractivity contribution in [3.8, 4) is 0 Å². The van der Waals surface area contributed by atoms with Gasteiger partial charge in [-0.25, -0.2) is 13.4 Å². The van der Waals surface area contributed by atoms with Gasteiger partial charge < -0.3 is 10.2 Å². The molecular weight excluding hydrogens is 266 g/mol. The Morgan fingerprint density at radius 3 is 2.79 bits per heavy atom. The van der Waals surface area contributed by atoms with Crippen molar-refractivity contribution in [2.75, 3.05) is 30.3 Å². The molecule has 0 atom stereocenters. The van der Waals surface area contributed by atoms with Gasteiger partial charge in [-0.15, -0.1) is 0 Å². The maximum absolute atomic E-state index is 11.3. The summed E-state index contributed by atoms with van der Waals surface area (Å²) >= 11 is 0. The Morgan fingerprint density at radius 1 is 1.32 bits per heavy atom. The fourth-order valence-corrected chi connectivity index (χ4v) is 3.43. The summed E-state index contributed by atoms with van der Waals surface area (Å²) < 4.78 is 28.3. The molecule has 19 heavy (non-hydrogen) atoms. The van der Waals surface area contributed by atoms with Crippen molar-refractivity contribution in [3.05, 3.63) is 24.1 Å². The number of hydrogen-bond acceptors (Lipinski definition) is 6. The third-order valence-electron chi connectivity index (χ3n) is 3.25. The highest BCUT2D eigenvalue weighted by Gasteiger charge is 2.22. The lowest BCUT2D eigenvalue weighted by Gasteiger charge is -2.24. The Bertz CT molecular complexity index is 694. The third-order valence-corrected chi connectivity index (χ3v) is 4.86. The first-order chi connectivity index (χ1) is 9.02. The van der Waals surface area contributed by atoms with Crippen LogP contribution in [0.15, 0.2) is 22.6 Å². The fourth-order valence-electron chi connectivity index (χ4n) is 2.16. The molecule has 1 aromatic heterocycles. The largest absolute Gasteiger partial charge is 0.439 e. The van der Waals surface area contributed by atoms with Crippen molar-refractivity contribution >= 4 is 26.6 Å². The Labute approximate surface area is 111 Å². The number of nitrogen functional groups attached to an aromatic ring is 1. The van der Waals surface area contributed by atoms with Gasteiger partial charge in [0.2, 0.25) is 5.89 Å². The quantitative estimate of drug-likeness (QED) is 0.813. The molecule has 1 aromatic carbocycles. The lowest BCUT2D eigenvalue weighted by Crippen LogP contribution is -2.39. The van der Waals surface area contributed by atoms with Crippen LogP contribution in [0.25, 0.3) is 11.1 Å². The molecule has 102 valence electrons. The second kappa shape index (κ2) is 4.50. The van der Waals surface area contributed by atoms with Gasteiger partial charge in [0.25, 0.3) is 0 Å². The van der Waals surface area contributed by atoms with E-state index in [4.69, 9.17) is 10.2 Å². The van der Waals surface area contributed by atoms with Crippen LogP contribution in [-0.2, 0) is 16.4 Å². The highest BCUT2D eigenvalue weighted by Crippen LogP contribution is 2.19. The van der Waals surface area contributed by atoms with Crippen LogP contribution in [0.2, 0.25) is 0 Å². The summed E-state index contributed by atoms with van der Waals surface area (Å²) in [6.45, 7) is 1.59. The zero-order valence-electron chi connectivity index (χ0n) is 10.4. The van der Waals surface area contributed by atoms with Gasteiger partial charge in [0.15, 0.2) is 15.4 Å². The van der Waals surface area contributed by atoms with Gasteiger partial charge in [-0.3, -0.25) is 4.90 Å². The third kappa shape index (κ3) is 2.71. The summed E-state index contributed by atoms with van der Waals surface area (Å²) in [4.78, 5) is 6.41. The van der Waals surface area contributed by atoms with Crippen LogP contribution < -0.4 is 5.73 Å². The molecule has 0 bridgehead atoms. The van der Waals surface area contributed by atoms with Crippen molar-refractivity contribution in [1.82, 2.24) is 9.88 Å². The highest BCUT2D eigenvalue weighted by atomic mass is 32.2. The maximum atomic E-state index is 11.3. The average molecular weight is 281 g/mol. The van der Waals surface area contributed by atoms with E-state index in [1.54, 1.807) is 12.1 Å². The van der Waals surface area contributed by atoms with Gasteiger partial charge >= 0.3 is 0 Å². The van der Waals surface area contributed by atoms with Crippen LogP contribution >= 0.6 is 0 Å². The predicted molar refractivity (Wildman–Crippen MR) is 72.4 cm³/mol. The van der Waals surface area contributed by atoms with E-state index in [0.717, 1.165) is 5.52 Å². The zero-order chi connectivity index (χ0) is 13.5. The lowest BCUT2D eigenvalue weighted by atomic mass is 10.3. The molecule has 0 unspecified atom stereocenters. The lowest BCUT2D eigenvalue weighted by molar-refractivity contribution is 0.260. The van der Waals surface area contributed by atoms with E-state index in [0.29, 0.717) is 36.8 Å². The number of oxazole rings is 1. The Hall–Kier alpha value is -1.60. The minimum Gasteiger partial charge on any atom is -0.439 e. The van der Waals surface area contributed by atoms with Gasteiger partial charge in [-0.1, -0.05) is 0 Å². The Morgan fingerprint density at radius 2 is 2.05 bits per heavy atom. The molecule has 7 heteroatoms. The second-order valence-corrected chi connectivity index (χ2v) is 7.07. The summed E-state index contributed by atoms with van der Waals surface area (Å²) in [5.41, 5.74) is 7.76. The number of nitrogens with two attached hydrogens (primary N) is 1. The molecule has 3 rings (SSSR count). The van der Waals surface area contributed by atoms with Gasteiger partial charge in [0, 0.05) is 24.8 Å². The van der Waals surface area contributed by atoms with Gasteiger partial charge in [-0.05, 0) is 12.1 Å². The highest BCUT2D eigenvalue weighted by molar-refractivity contribution is 7.91. The number of nitrogens with zero attached hydrogens (tertiary/aromatic N) is 2. The van der Waals surface area contributed by atoms with E-state index in [9.17, 15) is 8.42 Å². The van der Waals surface area contributed by atoms with E-state index < -0.39 is 9.84 Å². The number of fused-ring (bicyclic) bond motifs is 1. The monoisotopic (exact) mass is 281 g/mol. The summed E-state index contributed by atoms with van der Waals surface area (Å²) in [6.07, 6.45) is 0. The molecule has 1 aliphatic heterocycles. The molecule has 0 spiro atoms. The number of anilines is 1. The summed E-state index contributed by atoms with van der Waals surface area (Å²) in [5, 5.41) is 0. The van der Waals surface area contributed by atoms with Crippen molar-refractivity contribution in [2.24, 2.45) is 0 Å². The molecule has 0 saturated carbocycles. The van der Waals surface area contributed by atoms with E-state index in [-0.39, 0.29) is 11.5 Å². The van der Waals surface area contributed by atoms with E-state index in [2.05, 4.69) is 4.98 Å². The minimum absolute atomic E-state index is 0.209. The second-order valence-electron chi connectivity index (χ2n) is 4.76. The van der Waals surface area contributed by atoms with Crippen molar-refractivity contribution in [2.45, 2.75) is 6.54 Å². The van der Waals surface area contributed by atoms with Crippen molar-refractivity contribution in [1.29, 1.82) is 0 Å². The first-order valence-corrected chi connectivity index (χ1v) is 7.92. The van der Waals surface area contributed by atoms with E-state index in [1.807, 2.05) is 11.0 Å². The van der Waals surface area contributed by atoms with Gasteiger partial charge in [0.05, 0.1) is 18.1 Å². The van der Waals surface area contributed by atoms with Crippen LogP contribution in [0.5, 0.6) is 0 Å². The van der Waals surface area contributed by atoms with Crippen LogP contribution in [0.3, 0.4) is 0 Å². The molecule has 0 aliphatic carbocycles. The van der Waals surface area contributed by atoms with Crippen LogP contribution in [0.4, 0.5) is 5.69 Å². The van der Waals surface area contributed by atoms with Crippen LogP contribution in [0, 0.1) is 0 Å². The van der Waals surface area contributed by atoms with Gasteiger partial charge in [0.1, 0.15) is 5.52 Å². The molecule has 2 aromatic rings. The fraction of sp³-hybridized carbons (Fsp3) is 0.417. The molecule has 1 fully saturated rings. The SMILES string of the molecule is Nc1ccc2nc(CN3CCS(=O)(=O)CC3)oc2c1. The molecule has 2 heterocycles. The number of sulfone groups is 1. The smallest absolute Gasteiger partial charge is 0.209 e. The molecule has 6 nitrogen and oxygen atoms in total. The number of rotatable bonds is 2. The van der Waals surface area contributed by atoms with Crippen molar-refractivity contribution < 1.29 is 12.8 Å². The van der Waals surface area contributed by atoms with E-state index >= 15 is 0 Å². The van der Waals surface area contributed by atoms with Gasteiger partial charge in [-0.2, -0.15) is 0 Å². The zero-order valence-corrected chi connectivity index (χ0v) is 11.2. The average Bonchev–Trinajstić information content (AvgIpc) is 2.73. The molecule has 0 amide bonds. The van der Waals surface area contributed by atoms with E-state index in [1.165, 1.54) is 0 Å². The predicted octanol–water partition coefficient (Wildman–Crippen LogP) is 0.640. The number of hydrogen-bond donors (Lipinski definition) is 1. The first-order valence-electron chi connectivity index (χ1n) is 6.10. The summed E-state index contributed by atoms with van der Waals surface area (Å²) in [5.74, 6) is 1.01. The number of aromatic nitrogens is 1. The van der Waals surface area contributed by atoms with Crippen LogP contribution in [-0.4, -0.2) is 42.9 Å². The molecule has 1 aliphatic rings. The summed E-state index contributed by atoms with van der Waals surface area (Å²) in [7, 11) is -2.85. The maximum Gasteiger partial charge on any atom is 0.209 e. The summed E-state index contributed by atoms with van der Waals surface area (Å²) in [6, 6.07) is 5.34. The first kappa shape index (κ1) is 12.4. The Balaban J connectivity index is 1.75. The number of benzene rings is 1.